The van der Waals surface area contributed by atoms with Crippen molar-refractivity contribution in [2.24, 2.45) is 0 Å². The van der Waals surface area contributed by atoms with Crippen molar-refractivity contribution in [1.82, 2.24) is 9.97 Å². The third-order valence-electron chi connectivity index (χ3n) is 4.96. The average Bonchev–Trinajstić information content (AvgIpc) is 2.79. The van der Waals surface area contributed by atoms with E-state index < -0.39 is 11.7 Å². The molecule has 1 aromatic heterocycles. The molecule has 31 heavy (non-hydrogen) atoms. The number of methoxy groups -OCH3 is 1. The molecule has 2 N–H and O–H groups in total. The number of anilines is 2. The van der Waals surface area contributed by atoms with E-state index >= 15 is 0 Å². The van der Waals surface area contributed by atoms with Gasteiger partial charge in [-0.3, -0.25) is 4.79 Å². The standard InChI is InChI=1S/C24H21FN4O2/c1-15(28-23-20-8-3-4-9-22(20)26-14-27-23)16-6-5-7-17(12-16)29-24(30)19-11-10-18(31-2)13-21(19)25/h3-15H,1-2H3,(H,29,30)(H,26,27,28)/t15-/m1/s1. The predicted octanol–water partition coefficient (Wildman–Crippen LogP) is 5.20. The first-order valence-corrected chi connectivity index (χ1v) is 9.76. The highest BCUT2D eigenvalue weighted by Crippen LogP contribution is 2.25. The highest BCUT2D eigenvalue weighted by molar-refractivity contribution is 6.04. The molecular formula is C24H21FN4O2. The second kappa shape index (κ2) is 8.79. The zero-order valence-electron chi connectivity index (χ0n) is 17.1. The van der Waals surface area contributed by atoms with Crippen molar-refractivity contribution in [2.45, 2.75) is 13.0 Å². The topological polar surface area (TPSA) is 76.1 Å². The van der Waals surface area contributed by atoms with Crippen molar-refractivity contribution >= 4 is 28.3 Å². The van der Waals surface area contributed by atoms with Crippen LogP contribution in [0.3, 0.4) is 0 Å². The van der Waals surface area contributed by atoms with Crippen LogP contribution in [0.5, 0.6) is 5.75 Å². The summed E-state index contributed by atoms with van der Waals surface area (Å²) in [6.07, 6.45) is 1.53. The largest absolute Gasteiger partial charge is 0.497 e. The summed E-state index contributed by atoms with van der Waals surface area (Å²) in [5.74, 6) is -0.0839. The number of carbonyl (C=O) groups excluding carboxylic acids is 1. The Bertz CT molecular complexity index is 1240. The number of benzene rings is 3. The molecule has 0 aliphatic rings. The summed E-state index contributed by atoms with van der Waals surface area (Å²) in [5, 5.41) is 7.08. The van der Waals surface area contributed by atoms with Gasteiger partial charge in [-0.05, 0) is 48.9 Å². The maximum absolute atomic E-state index is 14.2. The number of amides is 1. The van der Waals surface area contributed by atoms with Crippen LogP contribution < -0.4 is 15.4 Å². The Kier molecular flexibility index (Phi) is 5.75. The second-order valence-corrected chi connectivity index (χ2v) is 7.03. The smallest absolute Gasteiger partial charge is 0.258 e. The van der Waals surface area contributed by atoms with E-state index in [-0.39, 0.29) is 11.6 Å². The van der Waals surface area contributed by atoms with Crippen LogP contribution in [0.1, 0.15) is 28.9 Å². The van der Waals surface area contributed by atoms with Crippen LogP contribution in [-0.2, 0) is 0 Å². The first-order valence-electron chi connectivity index (χ1n) is 9.76. The number of halogens is 1. The summed E-state index contributed by atoms with van der Waals surface area (Å²) >= 11 is 0. The number of hydrogen-bond donors (Lipinski definition) is 2. The Hall–Kier alpha value is -4.00. The van der Waals surface area contributed by atoms with Gasteiger partial charge in [0.15, 0.2) is 0 Å². The molecule has 0 bridgehead atoms. The molecule has 0 unspecified atom stereocenters. The summed E-state index contributed by atoms with van der Waals surface area (Å²) in [5.41, 5.74) is 2.31. The maximum Gasteiger partial charge on any atom is 0.258 e. The van der Waals surface area contributed by atoms with Gasteiger partial charge in [-0.2, -0.15) is 0 Å². The molecular weight excluding hydrogens is 395 g/mol. The lowest BCUT2D eigenvalue weighted by atomic mass is 10.1. The van der Waals surface area contributed by atoms with Crippen LogP contribution in [0.4, 0.5) is 15.9 Å². The fourth-order valence-electron chi connectivity index (χ4n) is 3.30. The number of nitrogens with zero attached hydrogens (tertiary/aromatic N) is 2. The summed E-state index contributed by atoms with van der Waals surface area (Å²) in [4.78, 5) is 21.2. The zero-order chi connectivity index (χ0) is 21.8. The van der Waals surface area contributed by atoms with Gasteiger partial charge in [0.1, 0.15) is 23.7 Å². The third kappa shape index (κ3) is 4.45. The van der Waals surface area contributed by atoms with Crippen LogP contribution >= 0.6 is 0 Å². The molecule has 1 atom stereocenters. The van der Waals surface area contributed by atoms with E-state index in [2.05, 4.69) is 20.6 Å². The van der Waals surface area contributed by atoms with Gasteiger partial charge in [0.25, 0.3) is 5.91 Å². The summed E-state index contributed by atoms with van der Waals surface area (Å²) in [6.45, 7) is 2.00. The van der Waals surface area contributed by atoms with Gasteiger partial charge in [0.2, 0.25) is 0 Å². The lowest BCUT2D eigenvalue weighted by molar-refractivity contribution is 0.102. The highest BCUT2D eigenvalue weighted by Gasteiger charge is 2.14. The van der Waals surface area contributed by atoms with Gasteiger partial charge in [-0.1, -0.05) is 24.3 Å². The number of nitrogens with one attached hydrogen (secondary N) is 2. The Labute approximate surface area is 179 Å². The summed E-state index contributed by atoms with van der Waals surface area (Å²) in [7, 11) is 1.44. The Morgan fingerprint density at radius 2 is 1.87 bits per heavy atom. The molecule has 156 valence electrons. The number of fused-ring (bicyclic) bond motifs is 1. The molecule has 0 fully saturated rings. The van der Waals surface area contributed by atoms with Crippen LogP contribution in [0.2, 0.25) is 0 Å². The molecule has 6 nitrogen and oxygen atoms in total. The second-order valence-electron chi connectivity index (χ2n) is 7.03. The SMILES string of the molecule is COc1ccc(C(=O)Nc2cccc([C@@H](C)Nc3ncnc4ccccc34)c2)c(F)c1. The molecule has 4 rings (SSSR count). The summed E-state index contributed by atoms with van der Waals surface area (Å²) in [6, 6.07) is 19.2. The van der Waals surface area contributed by atoms with E-state index in [0.29, 0.717) is 11.4 Å². The monoisotopic (exact) mass is 416 g/mol. The van der Waals surface area contributed by atoms with Crippen molar-refractivity contribution in [3.63, 3.8) is 0 Å². The summed E-state index contributed by atoms with van der Waals surface area (Å²) < 4.78 is 19.2. The van der Waals surface area contributed by atoms with Gasteiger partial charge < -0.3 is 15.4 Å². The third-order valence-corrected chi connectivity index (χ3v) is 4.96. The van der Waals surface area contributed by atoms with Gasteiger partial charge in [0.05, 0.1) is 24.2 Å². The minimum atomic E-state index is -0.640. The van der Waals surface area contributed by atoms with E-state index in [1.165, 1.54) is 25.6 Å². The van der Waals surface area contributed by atoms with Gasteiger partial charge in [-0.25, -0.2) is 14.4 Å². The fraction of sp³-hybridized carbons (Fsp3) is 0.125. The number of ether oxygens (including phenoxy) is 1. The molecule has 7 heteroatoms. The van der Waals surface area contributed by atoms with Crippen LogP contribution in [0.25, 0.3) is 10.9 Å². The predicted molar refractivity (Wildman–Crippen MR) is 119 cm³/mol. The number of aromatic nitrogens is 2. The van der Waals surface area contributed by atoms with Crippen LogP contribution in [0.15, 0.2) is 73.1 Å². The lowest BCUT2D eigenvalue weighted by Gasteiger charge is -2.17. The van der Waals surface area contributed by atoms with Crippen LogP contribution in [-0.4, -0.2) is 23.0 Å². The van der Waals surface area contributed by atoms with Crippen molar-refractivity contribution in [3.05, 3.63) is 90.0 Å². The Morgan fingerprint density at radius 1 is 1.03 bits per heavy atom. The van der Waals surface area contributed by atoms with Crippen molar-refractivity contribution in [1.29, 1.82) is 0 Å². The van der Waals surface area contributed by atoms with E-state index in [1.54, 1.807) is 12.1 Å². The maximum atomic E-state index is 14.2. The molecule has 3 aromatic carbocycles. The van der Waals surface area contributed by atoms with E-state index in [1.807, 2.05) is 49.4 Å². The Morgan fingerprint density at radius 3 is 2.68 bits per heavy atom. The zero-order valence-corrected chi connectivity index (χ0v) is 17.1. The number of carbonyl (C=O) groups is 1. The average molecular weight is 416 g/mol. The molecule has 0 aliphatic heterocycles. The minimum absolute atomic E-state index is 0.0511. The number of rotatable bonds is 6. The molecule has 1 heterocycles. The minimum Gasteiger partial charge on any atom is -0.497 e. The fourth-order valence-corrected chi connectivity index (χ4v) is 3.30. The van der Waals surface area contributed by atoms with Crippen molar-refractivity contribution in [3.8, 4) is 5.75 Å². The van der Waals surface area contributed by atoms with E-state index in [9.17, 15) is 9.18 Å². The highest BCUT2D eigenvalue weighted by atomic mass is 19.1. The normalized spacial score (nSPS) is 11.7. The van der Waals surface area contributed by atoms with E-state index in [4.69, 9.17) is 4.74 Å². The molecule has 4 aromatic rings. The lowest BCUT2D eigenvalue weighted by Crippen LogP contribution is -2.14. The molecule has 0 saturated carbocycles. The molecule has 1 amide bonds. The number of hydrogen-bond acceptors (Lipinski definition) is 5. The first kappa shape index (κ1) is 20.3. The van der Waals surface area contributed by atoms with Crippen molar-refractivity contribution in [2.75, 3.05) is 17.7 Å². The molecule has 0 aliphatic carbocycles. The molecule has 0 saturated heterocycles. The van der Waals surface area contributed by atoms with Gasteiger partial charge in [0, 0.05) is 17.1 Å². The quantitative estimate of drug-likeness (QED) is 0.452. The van der Waals surface area contributed by atoms with Crippen molar-refractivity contribution < 1.29 is 13.9 Å². The first-order chi connectivity index (χ1) is 15.0. The molecule has 0 radical (unpaired) electrons. The van der Waals surface area contributed by atoms with Gasteiger partial charge >= 0.3 is 0 Å². The molecule has 0 spiro atoms. The Balaban J connectivity index is 1.52. The van der Waals surface area contributed by atoms with Crippen LogP contribution in [0, 0.1) is 5.82 Å². The number of para-hydroxylation sites is 1. The van der Waals surface area contributed by atoms with E-state index in [0.717, 1.165) is 22.3 Å². The van der Waals surface area contributed by atoms with Gasteiger partial charge in [-0.15, -0.1) is 0 Å².